The van der Waals surface area contributed by atoms with Crippen molar-refractivity contribution >= 4 is 33.2 Å². The zero-order chi connectivity index (χ0) is 11.5. The molecule has 7 heteroatoms. The molecule has 0 atom stereocenters. The third-order valence-corrected chi connectivity index (χ3v) is 2.89. The van der Waals surface area contributed by atoms with E-state index in [2.05, 4.69) is 9.97 Å². The Balaban J connectivity index is 2.12. The van der Waals surface area contributed by atoms with Crippen molar-refractivity contribution in [2.75, 3.05) is 6.61 Å². The van der Waals surface area contributed by atoms with E-state index in [4.69, 9.17) is 16.3 Å². The molecule has 2 heterocycles. The van der Waals surface area contributed by atoms with Crippen LogP contribution in [0.4, 0.5) is 8.78 Å². The molecule has 16 heavy (non-hydrogen) atoms. The molecule has 0 aliphatic heterocycles. The fourth-order valence-corrected chi connectivity index (χ4v) is 2.25. The molecule has 0 unspecified atom stereocenters. The molecule has 0 saturated carbocycles. The topological polar surface area (TPSA) is 35.0 Å². The summed E-state index contributed by atoms with van der Waals surface area (Å²) in [5.41, 5.74) is 0. The molecule has 3 nitrogen and oxygen atoms in total. The Hall–Kier alpha value is -0.850. The van der Waals surface area contributed by atoms with Crippen LogP contribution in [0.1, 0.15) is 5.82 Å². The van der Waals surface area contributed by atoms with Crippen molar-refractivity contribution in [2.45, 2.75) is 13.0 Å². The van der Waals surface area contributed by atoms with Gasteiger partial charge in [0, 0.05) is 5.39 Å². The number of fused-ring (bicyclic) bond motifs is 1. The van der Waals surface area contributed by atoms with Crippen molar-refractivity contribution in [1.82, 2.24) is 9.97 Å². The van der Waals surface area contributed by atoms with E-state index in [1.807, 2.05) is 11.4 Å². The van der Waals surface area contributed by atoms with Gasteiger partial charge in [-0.15, -0.1) is 11.3 Å². The number of thiophene rings is 1. The lowest BCUT2D eigenvalue weighted by molar-refractivity contribution is 0.00778. The molecular formula is C9H7ClF2N2OS. The van der Waals surface area contributed by atoms with Crippen LogP contribution in [0, 0.1) is 0 Å². The van der Waals surface area contributed by atoms with Crippen LogP contribution in [-0.4, -0.2) is 23.0 Å². The van der Waals surface area contributed by atoms with E-state index in [1.54, 1.807) is 0 Å². The predicted octanol–water partition coefficient (Wildman–Crippen LogP) is 3.13. The van der Waals surface area contributed by atoms with Crippen molar-refractivity contribution in [2.24, 2.45) is 0 Å². The number of halogens is 3. The van der Waals surface area contributed by atoms with Crippen LogP contribution in [-0.2, 0) is 11.3 Å². The zero-order valence-corrected chi connectivity index (χ0v) is 9.56. The average Bonchev–Trinajstić information content (AvgIpc) is 2.65. The summed E-state index contributed by atoms with van der Waals surface area (Å²) >= 11 is 7.31. The quantitative estimate of drug-likeness (QED) is 0.796. The SMILES string of the molecule is FC(F)COCc1nc(Cl)c2ccsc2n1. The zero-order valence-electron chi connectivity index (χ0n) is 7.99. The number of rotatable bonds is 4. The normalized spacial score (nSPS) is 11.5. The monoisotopic (exact) mass is 264 g/mol. The second kappa shape index (κ2) is 4.99. The van der Waals surface area contributed by atoms with E-state index in [0.29, 0.717) is 11.0 Å². The molecule has 86 valence electrons. The molecule has 0 aliphatic rings. The maximum Gasteiger partial charge on any atom is 0.261 e. The lowest BCUT2D eigenvalue weighted by Crippen LogP contribution is -2.06. The van der Waals surface area contributed by atoms with Gasteiger partial charge in [-0.3, -0.25) is 0 Å². The van der Waals surface area contributed by atoms with Crippen LogP contribution in [0.5, 0.6) is 0 Å². The Kier molecular flexibility index (Phi) is 3.63. The highest BCUT2D eigenvalue weighted by Gasteiger charge is 2.08. The van der Waals surface area contributed by atoms with Gasteiger partial charge in [0.05, 0.1) is 0 Å². The standard InChI is InChI=1S/C9H7ClF2N2OS/c10-8-5-1-2-16-9(5)14-7(13-8)4-15-3-6(11)12/h1-2,6H,3-4H2. The number of nitrogens with zero attached hydrogens (tertiary/aromatic N) is 2. The average molecular weight is 265 g/mol. The fraction of sp³-hybridized carbons (Fsp3) is 0.333. The largest absolute Gasteiger partial charge is 0.368 e. The Labute approximate surface area is 99.0 Å². The lowest BCUT2D eigenvalue weighted by Gasteiger charge is -2.03. The van der Waals surface area contributed by atoms with E-state index in [-0.39, 0.29) is 6.61 Å². The summed E-state index contributed by atoms with van der Waals surface area (Å²) < 4.78 is 28.4. The van der Waals surface area contributed by atoms with Crippen molar-refractivity contribution < 1.29 is 13.5 Å². The van der Waals surface area contributed by atoms with E-state index in [9.17, 15) is 8.78 Å². The Morgan fingerprint density at radius 1 is 1.44 bits per heavy atom. The van der Waals surface area contributed by atoms with Gasteiger partial charge in [0.25, 0.3) is 6.43 Å². The first-order chi connectivity index (χ1) is 7.66. The first-order valence-electron chi connectivity index (χ1n) is 4.42. The molecule has 0 spiro atoms. The summed E-state index contributed by atoms with van der Waals surface area (Å²) in [5, 5.41) is 2.93. The molecule has 0 aromatic carbocycles. The number of aromatic nitrogens is 2. The summed E-state index contributed by atoms with van der Waals surface area (Å²) in [6, 6.07) is 1.81. The minimum atomic E-state index is -2.49. The van der Waals surface area contributed by atoms with Crippen LogP contribution in [0.3, 0.4) is 0 Å². The second-order valence-electron chi connectivity index (χ2n) is 2.98. The molecule has 0 amide bonds. The molecular weight excluding hydrogens is 258 g/mol. The summed E-state index contributed by atoms with van der Waals surface area (Å²) in [6.07, 6.45) is -2.49. The van der Waals surface area contributed by atoms with E-state index < -0.39 is 13.0 Å². The molecule has 0 N–H and O–H groups in total. The van der Waals surface area contributed by atoms with Gasteiger partial charge in [-0.2, -0.15) is 0 Å². The van der Waals surface area contributed by atoms with Crippen LogP contribution in [0.25, 0.3) is 10.2 Å². The van der Waals surface area contributed by atoms with Gasteiger partial charge >= 0.3 is 0 Å². The highest BCUT2D eigenvalue weighted by Crippen LogP contribution is 2.24. The number of hydrogen-bond donors (Lipinski definition) is 0. The smallest absolute Gasteiger partial charge is 0.261 e. The molecule has 0 aliphatic carbocycles. The third kappa shape index (κ3) is 2.63. The van der Waals surface area contributed by atoms with Gasteiger partial charge in [0.2, 0.25) is 0 Å². The van der Waals surface area contributed by atoms with Crippen LogP contribution < -0.4 is 0 Å². The molecule has 0 saturated heterocycles. The highest BCUT2D eigenvalue weighted by molar-refractivity contribution is 7.16. The summed E-state index contributed by atoms with van der Waals surface area (Å²) in [6.45, 7) is -0.679. The number of ether oxygens (including phenoxy) is 1. The number of alkyl halides is 2. The van der Waals surface area contributed by atoms with Crippen molar-refractivity contribution in [3.63, 3.8) is 0 Å². The van der Waals surface area contributed by atoms with Gasteiger partial charge in [-0.05, 0) is 11.4 Å². The summed E-state index contributed by atoms with van der Waals surface area (Å²) in [5.74, 6) is 0.320. The first kappa shape index (κ1) is 11.6. The van der Waals surface area contributed by atoms with Gasteiger partial charge < -0.3 is 4.74 Å². The predicted molar refractivity (Wildman–Crippen MR) is 58.1 cm³/mol. The molecule has 2 aromatic rings. The Morgan fingerprint density at radius 2 is 2.25 bits per heavy atom. The molecule has 2 rings (SSSR count). The molecule has 2 aromatic heterocycles. The summed E-state index contributed by atoms with van der Waals surface area (Å²) in [7, 11) is 0. The van der Waals surface area contributed by atoms with Crippen molar-refractivity contribution in [3.05, 3.63) is 22.4 Å². The Bertz CT molecular complexity index is 491. The number of hydrogen-bond acceptors (Lipinski definition) is 4. The van der Waals surface area contributed by atoms with Crippen LogP contribution in [0.15, 0.2) is 11.4 Å². The van der Waals surface area contributed by atoms with Crippen molar-refractivity contribution in [1.29, 1.82) is 0 Å². The third-order valence-electron chi connectivity index (χ3n) is 1.80. The van der Waals surface area contributed by atoms with Gasteiger partial charge in [-0.25, -0.2) is 18.7 Å². The van der Waals surface area contributed by atoms with Crippen LogP contribution >= 0.6 is 22.9 Å². The maximum absolute atomic E-state index is 11.8. The van der Waals surface area contributed by atoms with Gasteiger partial charge in [0.15, 0.2) is 5.82 Å². The fourth-order valence-electron chi connectivity index (χ4n) is 1.16. The van der Waals surface area contributed by atoms with E-state index in [0.717, 1.165) is 10.2 Å². The summed E-state index contributed by atoms with van der Waals surface area (Å²) in [4.78, 5) is 8.84. The molecule has 0 fully saturated rings. The molecule has 0 bridgehead atoms. The Morgan fingerprint density at radius 3 is 3.00 bits per heavy atom. The van der Waals surface area contributed by atoms with E-state index >= 15 is 0 Å². The highest BCUT2D eigenvalue weighted by atomic mass is 35.5. The van der Waals surface area contributed by atoms with Crippen molar-refractivity contribution in [3.8, 4) is 0 Å². The lowest BCUT2D eigenvalue weighted by atomic mass is 10.4. The van der Waals surface area contributed by atoms with E-state index in [1.165, 1.54) is 11.3 Å². The first-order valence-corrected chi connectivity index (χ1v) is 5.68. The minimum absolute atomic E-state index is 0.0576. The van der Waals surface area contributed by atoms with Gasteiger partial charge in [0.1, 0.15) is 23.2 Å². The second-order valence-corrected chi connectivity index (χ2v) is 4.23. The van der Waals surface area contributed by atoms with Crippen LogP contribution in [0.2, 0.25) is 5.15 Å². The minimum Gasteiger partial charge on any atom is -0.368 e. The van der Waals surface area contributed by atoms with Gasteiger partial charge in [-0.1, -0.05) is 11.6 Å². The molecule has 0 radical (unpaired) electrons. The maximum atomic E-state index is 11.8.